The maximum Gasteiger partial charge on any atom is 0.319 e. The number of carbonyl (C=O) groups is 1. The number of benzene rings is 1. The summed E-state index contributed by atoms with van der Waals surface area (Å²) in [6.45, 7) is 0. The summed E-state index contributed by atoms with van der Waals surface area (Å²) < 4.78 is 0. The Kier molecular flexibility index (Phi) is 4.70. The highest BCUT2D eigenvalue weighted by Gasteiger charge is 2.20. The number of urea groups is 1. The lowest BCUT2D eigenvalue weighted by Crippen LogP contribution is -2.40. The van der Waals surface area contributed by atoms with Gasteiger partial charge in [0.1, 0.15) is 0 Å². The van der Waals surface area contributed by atoms with Gasteiger partial charge in [0.15, 0.2) is 0 Å². The number of nitrogens with zero attached hydrogens (tertiary/aromatic N) is 1. The molecule has 0 bridgehead atoms. The molecule has 2 aromatic rings. The second-order valence-corrected chi connectivity index (χ2v) is 6.28. The number of rotatable bonds is 3. The molecule has 0 unspecified atom stereocenters. The number of amides is 2. The van der Waals surface area contributed by atoms with Crippen molar-refractivity contribution in [1.82, 2.24) is 10.3 Å². The Morgan fingerprint density at radius 3 is 2.82 bits per heavy atom. The molecule has 1 heterocycles. The van der Waals surface area contributed by atoms with E-state index in [1.54, 1.807) is 16.8 Å². The average Bonchev–Trinajstić information content (AvgIpc) is 3.04. The maximum atomic E-state index is 12.1. The van der Waals surface area contributed by atoms with Gasteiger partial charge in [0, 0.05) is 22.7 Å². The highest BCUT2D eigenvalue weighted by molar-refractivity contribution is 7.07. The molecular weight excluding hydrogens is 298 g/mol. The third-order valence-corrected chi connectivity index (χ3v) is 4.47. The second-order valence-electron chi connectivity index (χ2n) is 5.56. The Labute approximate surface area is 133 Å². The first-order chi connectivity index (χ1) is 10.7. The first-order valence-electron chi connectivity index (χ1n) is 7.45. The van der Waals surface area contributed by atoms with Gasteiger partial charge in [0.2, 0.25) is 0 Å². The largest absolute Gasteiger partial charge is 0.393 e. The van der Waals surface area contributed by atoms with Crippen molar-refractivity contribution in [2.24, 2.45) is 0 Å². The molecule has 0 spiro atoms. The fourth-order valence-electron chi connectivity index (χ4n) is 2.68. The van der Waals surface area contributed by atoms with Crippen LogP contribution in [-0.2, 0) is 0 Å². The van der Waals surface area contributed by atoms with Crippen LogP contribution in [0, 0.1) is 0 Å². The van der Waals surface area contributed by atoms with Gasteiger partial charge in [0.25, 0.3) is 0 Å². The first-order valence-corrected chi connectivity index (χ1v) is 8.39. The SMILES string of the molecule is O=C(Nc1cccc(-c2cscn2)c1)NC1CCC(O)CC1. The number of hydrogen-bond donors (Lipinski definition) is 3. The highest BCUT2D eigenvalue weighted by atomic mass is 32.1. The quantitative estimate of drug-likeness (QED) is 0.813. The molecule has 1 aliphatic rings. The fraction of sp³-hybridized carbons (Fsp3) is 0.375. The van der Waals surface area contributed by atoms with Crippen LogP contribution < -0.4 is 10.6 Å². The Morgan fingerprint density at radius 2 is 2.09 bits per heavy atom. The predicted molar refractivity (Wildman–Crippen MR) is 88.0 cm³/mol. The van der Waals surface area contributed by atoms with Crippen molar-refractivity contribution in [2.75, 3.05) is 5.32 Å². The van der Waals surface area contributed by atoms with Gasteiger partial charge in [-0.15, -0.1) is 11.3 Å². The van der Waals surface area contributed by atoms with E-state index in [9.17, 15) is 9.90 Å². The number of aliphatic hydroxyl groups is 1. The number of anilines is 1. The molecule has 1 aromatic carbocycles. The minimum atomic E-state index is -0.212. The molecule has 0 saturated heterocycles. The van der Waals surface area contributed by atoms with Crippen molar-refractivity contribution in [3.63, 3.8) is 0 Å². The van der Waals surface area contributed by atoms with Crippen LogP contribution in [-0.4, -0.2) is 28.3 Å². The van der Waals surface area contributed by atoms with Crippen LogP contribution in [0.4, 0.5) is 10.5 Å². The molecule has 0 radical (unpaired) electrons. The van der Waals surface area contributed by atoms with Crippen molar-refractivity contribution in [1.29, 1.82) is 0 Å². The topological polar surface area (TPSA) is 74.2 Å². The zero-order valence-corrected chi connectivity index (χ0v) is 13.0. The lowest BCUT2D eigenvalue weighted by Gasteiger charge is -2.26. The summed E-state index contributed by atoms with van der Waals surface area (Å²) in [5.41, 5.74) is 4.44. The molecule has 0 aliphatic heterocycles. The standard InChI is InChI=1S/C16H19N3O2S/c20-14-6-4-12(5-7-14)18-16(21)19-13-3-1-2-11(8-13)15-9-22-10-17-15/h1-3,8-10,12,14,20H,4-7H2,(H2,18,19,21). The molecule has 5 nitrogen and oxygen atoms in total. The van der Waals surface area contributed by atoms with Crippen molar-refractivity contribution >= 4 is 23.1 Å². The number of aliphatic hydroxyl groups excluding tert-OH is 1. The third-order valence-electron chi connectivity index (χ3n) is 3.88. The van der Waals surface area contributed by atoms with Crippen LogP contribution in [0.2, 0.25) is 0 Å². The van der Waals surface area contributed by atoms with Gasteiger partial charge in [-0.05, 0) is 37.8 Å². The van der Waals surface area contributed by atoms with Crippen molar-refractivity contribution in [3.8, 4) is 11.3 Å². The van der Waals surface area contributed by atoms with Gasteiger partial charge in [0.05, 0.1) is 17.3 Å². The molecule has 3 rings (SSSR count). The normalized spacial score (nSPS) is 21.3. The van der Waals surface area contributed by atoms with Gasteiger partial charge in [-0.1, -0.05) is 12.1 Å². The maximum absolute atomic E-state index is 12.1. The summed E-state index contributed by atoms with van der Waals surface area (Å²) in [4.78, 5) is 16.3. The smallest absolute Gasteiger partial charge is 0.319 e. The van der Waals surface area contributed by atoms with Gasteiger partial charge in [-0.3, -0.25) is 0 Å². The molecule has 1 fully saturated rings. The second kappa shape index (κ2) is 6.89. The molecule has 1 aromatic heterocycles. The number of hydrogen-bond acceptors (Lipinski definition) is 4. The van der Waals surface area contributed by atoms with Crippen LogP contribution in [0.15, 0.2) is 35.2 Å². The van der Waals surface area contributed by atoms with E-state index < -0.39 is 0 Å². The summed E-state index contributed by atoms with van der Waals surface area (Å²) in [6, 6.07) is 7.60. The van der Waals surface area contributed by atoms with Crippen LogP contribution in [0.3, 0.4) is 0 Å². The Morgan fingerprint density at radius 1 is 1.27 bits per heavy atom. The lowest BCUT2D eigenvalue weighted by atomic mass is 9.93. The molecule has 2 amide bonds. The minimum Gasteiger partial charge on any atom is -0.393 e. The zero-order chi connectivity index (χ0) is 15.4. The molecule has 1 aliphatic carbocycles. The number of carbonyl (C=O) groups excluding carboxylic acids is 1. The van der Waals surface area contributed by atoms with Gasteiger partial charge in [-0.2, -0.15) is 0 Å². The summed E-state index contributed by atoms with van der Waals surface area (Å²) in [7, 11) is 0. The van der Waals surface area contributed by atoms with Crippen molar-refractivity contribution in [2.45, 2.75) is 37.8 Å². The fourth-order valence-corrected chi connectivity index (χ4v) is 3.25. The van der Waals surface area contributed by atoms with E-state index in [-0.39, 0.29) is 18.2 Å². The number of nitrogens with one attached hydrogen (secondary N) is 2. The molecule has 6 heteroatoms. The molecule has 22 heavy (non-hydrogen) atoms. The Balaban J connectivity index is 1.58. The predicted octanol–water partition coefficient (Wildman–Crippen LogP) is 3.24. The van der Waals surface area contributed by atoms with Crippen LogP contribution in [0.1, 0.15) is 25.7 Å². The van der Waals surface area contributed by atoms with E-state index in [1.165, 1.54) is 0 Å². The van der Waals surface area contributed by atoms with Crippen molar-refractivity contribution < 1.29 is 9.90 Å². The van der Waals surface area contributed by atoms with Crippen LogP contribution in [0.5, 0.6) is 0 Å². The Hall–Kier alpha value is -1.92. The van der Waals surface area contributed by atoms with Gasteiger partial charge in [-0.25, -0.2) is 9.78 Å². The van der Waals surface area contributed by atoms with Gasteiger partial charge < -0.3 is 15.7 Å². The van der Waals surface area contributed by atoms with E-state index in [1.807, 2.05) is 29.6 Å². The van der Waals surface area contributed by atoms with Gasteiger partial charge >= 0.3 is 6.03 Å². The van der Waals surface area contributed by atoms with Crippen LogP contribution in [0.25, 0.3) is 11.3 Å². The third kappa shape index (κ3) is 3.84. The average molecular weight is 317 g/mol. The minimum absolute atomic E-state index is 0.144. The summed E-state index contributed by atoms with van der Waals surface area (Å²) in [6.07, 6.45) is 2.95. The molecule has 116 valence electrons. The molecule has 3 N–H and O–H groups in total. The zero-order valence-electron chi connectivity index (χ0n) is 12.2. The number of thiazole rings is 1. The lowest BCUT2D eigenvalue weighted by molar-refractivity contribution is 0.118. The van der Waals surface area contributed by atoms with E-state index in [4.69, 9.17) is 0 Å². The first kappa shape index (κ1) is 15.0. The highest BCUT2D eigenvalue weighted by Crippen LogP contribution is 2.22. The van der Waals surface area contributed by atoms with Crippen molar-refractivity contribution in [3.05, 3.63) is 35.2 Å². The van der Waals surface area contributed by atoms with Crippen LogP contribution >= 0.6 is 11.3 Å². The molecular formula is C16H19N3O2S. The summed E-state index contributed by atoms with van der Waals surface area (Å²) in [5, 5.41) is 17.3. The van der Waals surface area contributed by atoms with E-state index in [0.717, 1.165) is 42.6 Å². The molecule has 0 atom stereocenters. The van der Waals surface area contributed by atoms with E-state index >= 15 is 0 Å². The summed E-state index contributed by atoms with van der Waals surface area (Å²) in [5.74, 6) is 0. The van der Waals surface area contributed by atoms with E-state index in [0.29, 0.717) is 0 Å². The van der Waals surface area contributed by atoms with E-state index in [2.05, 4.69) is 15.6 Å². The molecule has 1 saturated carbocycles. The monoisotopic (exact) mass is 317 g/mol. The summed E-state index contributed by atoms with van der Waals surface area (Å²) >= 11 is 1.55. The Bertz CT molecular complexity index is 622. The number of aromatic nitrogens is 1.